The van der Waals surface area contributed by atoms with E-state index in [9.17, 15) is 0 Å². The van der Waals surface area contributed by atoms with Gasteiger partial charge in [0.1, 0.15) is 6.29 Å². The predicted octanol–water partition coefficient (Wildman–Crippen LogP) is 5.39. The molecule has 0 fully saturated rings. The van der Waals surface area contributed by atoms with Crippen molar-refractivity contribution in [3.63, 3.8) is 0 Å². The average molecular weight is 286 g/mol. The lowest BCUT2D eigenvalue weighted by molar-refractivity contribution is -0.0960. The van der Waals surface area contributed by atoms with Crippen molar-refractivity contribution in [2.24, 2.45) is 5.92 Å². The second kappa shape index (κ2) is 13.4. The van der Waals surface area contributed by atoms with E-state index < -0.39 is 14.5 Å². The molecule has 2 nitrogen and oxygen atoms in total. The first-order chi connectivity index (χ1) is 9.13. The van der Waals surface area contributed by atoms with Crippen LogP contribution >= 0.6 is 0 Å². The molecule has 0 radical (unpaired) electrons. The minimum atomic E-state index is -1.05. The highest BCUT2D eigenvalue weighted by Gasteiger charge is 2.23. The van der Waals surface area contributed by atoms with E-state index in [1.807, 2.05) is 0 Å². The SMILES string of the molecule is CCC[CH2][Al]([CH2]CCC)[O]C(CCC)OCC(C)C. The molecule has 0 saturated heterocycles. The molecule has 0 aromatic rings. The summed E-state index contributed by atoms with van der Waals surface area (Å²) >= 11 is -1.05. The lowest BCUT2D eigenvalue weighted by Gasteiger charge is -2.24. The normalized spacial score (nSPS) is 12.9. The first-order valence-corrected chi connectivity index (χ1v) is 10.5. The van der Waals surface area contributed by atoms with Crippen molar-refractivity contribution in [2.75, 3.05) is 6.61 Å². The van der Waals surface area contributed by atoms with Crippen LogP contribution in [-0.4, -0.2) is 27.4 Å². The molecule has 0 aromatic carbocycles. The van der Waals surface area contributed by atoms with Crippen molar-refractivity contribution >= 4 is 14.5 Å². The minimum absolute atomic E-state index is 0.0674. The summed E-state index contributed by atoms with van der Waals surface area (Å²) in [6, 6.07) is 0. The van der Waals surface area contributed by atoms with Crippen molar-refractivity contribution in [2.45, 2.75) is 90.0 Å². The topological polar surface area (TPSA) is 18.5 Å². The van der Waals surface area contributed by atoms with E-state index >= 15 is 0 Å². The maximum atomic E-state index is 6.36. The van der Waals surface area contributed by atoms with E-state index in [1.54, 1.807) is 0 Å². The Hall–Kier alpha value is 0.452. The number of ether oxygens (including phenoxy) is 1. The molecule has 3 heteroatoms. The van der Waals surface area contributed by atoms with Gasteiger partial charge in [-0.05, 0) is 12.3 Å². The Morgan fingerprint density at radius 1 is 0.895 bits per heavy atom. The van der Waals surface area contributed by atoms with E-state index in [2.05, 4.69) is 34.6 Å². The Morgan fingerprint density at radius 3 is 1.89 bits per heavy atom. The molecule has 1 atom stereocenters. The maximum Gasteiger partial charge on any atom is 0.462 e. The summed E-state index contributed by atoms with van der Waals surface area (Å²) in [5.74, 6) is 0.592. The molecule has 0 amide bonds. The molecule has 0 aromatic heterocycles. The highest BCUT2D eigenvalue weighted by molar-refractivity contribution is 6.51. The van der Waals surface area contributed by atoms with Crippen LogP contribution in [0.15, 0.2) is 0 Å². The summed E-state index contributed by atoms with van der Waals surface area (Å²) in [4.78, 5) is 0. The monoisotopic (exact) mass is 286 g/mol. The molecule has 1 unspecified atom stereocenters. The second-order valence-corrected chi connectivity index (χ2v) is 8.66. The highest BCUT2D eigenvalue weighted by atomic mass is 27.2. The maximum absolute atomic E-state index is 6.36. The van der Waals surface area contributed by atoms with Crippen molar-refractivity contribution in [3.8, 4) is 0 Å². The van der Waals surface area contributed by atoms with Gasteiger partial charge in [-0.2, -0.15) is 0 Å². The summed E-state index contributed by atoms with van der Waals surface area (Å²) in [6.45, 7) is 12.0. The first kappa shape index (κ1) is 19.5. The van der Waals surface area contributed by atoms with E-state index in [0.717, 1.165) is 19.4 Å². The number of unbranched alkanes of at least 4 members (excludes halogenated alkanes) is 2. The fourth-order valence-electron chi connectivity index (χ4n) is 2.08. The quantitative estimate of drug-likeness (QED) is 0.333. The number of hydrogen-bond acceptors (Lipinski definition) is 2. The van der Waals surface area contributed by atoms with Gasteiger partial charge in [0.05, 0.1) is 6.61 Å². The Kier molecular flexibility index (Phi) is 13.8. The van der Waals surface area contributed by atoms with Gasteiger partial charge in [-0.15, -0.1) is 0 Å². The van der Waals surface area contributed by atoms with Crippen LogP contribution in [-0.2, 0) is 8.53 Å². The van der Waals surface area contributed by atoms with Crippen LogP contribution in [0.3, 0.4) is 0 Å². The van der Waals surface area contributed by atoms with Gasteiger partial charge in [-0.25, -0.2) is 0 Å². The molecule has 0 heterocycles. The van der Waals surface area contributed by atoms with Crippen LogP contribution in [0.2, 0.25) is 10.6 Å². The zero-order valence-electron chi connectivity index (χ0n) is 13.9. The Balaban J connectivity index is 4.18. The third-order valence-electron chi connectivity index (χ3n) is 3.24. The van der Waals surface area contributed by atoms with Crippen molar-refractivity contribution in [1.29, 1.82) is 0 Å². The lowest BCUT2D eigenvalue weighted by atomic mass is 10.2. The Labute approximate surface area is 126 Å². The van der Waals surface area contributed by atoms with Crippen LogP contribution < -0.4 is 0 Å². The minimum Gasteiger partial charge on any atom is -0.478 e. The van der Waals surface area contributed by atoms with Crippen LogP contribution in [0.4, 0.5) is 0 Å². The number of hydrogen-bond donors (Lipinski definition) is 0. The molecule has 0 rings (SSSR count). The van der Waals surface area contributed by atoms with Gasteiger partial charge in [0.25, 0.3) is 0 Å². The van der Waals surface area contributed by atoms with Gasteiger partial charge >= 0.3 is 14.5 Å². The summed E-state index contributed by atoms with van der Waals surface area (Å²) in [5, 5.41) is 2.64. The lowest BCUT2D eigenvalue weighted by Crippen LogP contribution is -2.29. The molecular formula is C16H35AlO2. The van der Waals surface area contributed by atoms with Crippen LogP contribution in [0.1, 0.15) is 73.1 Å². The van der Waals surface area contributed by atoms with E-state index in [1.165, 1.54) is 36.2 Å². The van der Waals surface area contributed by atoms with Crippen LogP contribution in [0.25, 0.3) is 0 Å². The standard InChI is InChI=1S/C8H17O2.2C4H9.Al/c1-4-5-8(9)10-6-7(2)3;2*1-3-4-2;/h7-8H,4-6H2,1-3H3;2*1,3-4H2,2H3;/q-1;;;+1. The molecule has 19 heavy (non-hydrogen) atoms. The van der Waals surface area contributed by atoms with Crippen molar-refractivity contribution in [1.82, 2.24) is 0 Å². The molecule has 0 N–H and O–H groups in total. The van der Waals surface area contributed by atoms with Crippen molar-refractivity contribution < 1.29 is 8.53 Å². The molecule has 0 aliphatic heterocycles. The van der Waals surface area contributed by atoms with Gasteiger partial charge in [0, 0.05) is 0 Å². The predicted molar refractivity (Wildman–Crippen MR) is 85.8 cm³/mol. The van der Waals surface area contributed by atoms with E-state index in [4.69, 9.17) is 8.53 Å². The number of rotatable bonds is 13. The van der Waals surface area contributed by atoms with Gasteiger partial charge < -0.3 is 8.53 Å². The molecule has 0 spiro atoms. The van der Waals surface area contributed by atoms with Gasteiger partial charge in [0.15, 0.2) is 0 Å². The Morgan fingerprint density at radius 2 is 1.47 bits per heavy atom. The smallest absolute Gasteiger partial charge is 0.462 e. The van der Waals surface area contributed by atoms with Gasteiger partial charge in [-0.3, -0.25) is 0 Å². The molecule has 0 aliphatic carbocycles. The second-order valence-electron chi connectivity index (χ2n) is 5.99. The van der Waals surface area contributed by atoms with Gasteiger partial charge in [0.2, 0.25) is 0 Å². The largest absolute Gasteiger partial charge is 0.478 e. The summed E-state index contributed by atoms with van der Waals surface area (Å²) < 4.78 is 12.3. The Bertz CT molecular complexity index is 178. The summed E-state index contributed by atoms with van der Waals surface area (Å²) in [7, 11) is 0. The summed E-state index contributed by atoms with van der Waals surface area (Å²) in [5.41, 5.74) is 0. The van der Waals surface area contributed by atoms with Crippen LogP contribution in [0.5, 0.6) is 0 Å². The third kappa shape index (κ3) is 11.9. The molecule has 0 saturated carbocycles. The van der Waals surface area contributed by atoms with Crippen LogP contribution in [0, 0.1) is 5.92 Å². The first-order valence-electron chi connectivity index (χ1n) is 8.40. The summed E-state index contributed by atoms with van der Waals surface area (Å²) in [6.07, 6.45) is 7.47. The van der Waals surface area contributed by atoms with E-state index in [-0.39, 0.29) is 6.29 Å². The highest BCUT2D eigenvalue weighted by Crippen LogP contribution is 2.16. The molecule has 114 valence electrons. The van der Waals surface area contributed by atoms with Crippen molar-refractivity contribution in [3.05, 3.63) is 0 Å². The molecule has 0 aliphatic rings. The van der Waals surface area contributed by atoms with Gasteiger partial charge in [-0.1, -0.05) is 77.3 Å². The third-order valence-corrected chi connectivity index (χ3v) is 6.04. The average Bonchev–Trinajstić information content (AvgIpc) is 2.39. The zero-order valence-corrected chi connectivity index (χ0v) is 15.1. The molecular weight excluding hydrogens is 251 g/mol. The molecule has 0 bridgehead atoms. The fraction of sp³-hybridized carbons (Fsp3) is 1.00. The fourth-order valence-corrected chi connectivity index (χ4v) is 5.02. The zero-order chi connectivity index (χ0) is 14.5. The van der Waals surface area contributed by atoms with E-state index in [0.29, 0.717) is 5.92 Å².